The number of nitrogens with zero attached hydrogens (tertiary/aromatic N) is 3. The van der Waals surface area contributed by atoms with Gasteiger partial charge in [-0.15, -0.1) is 0 Å². The van der Waals surface area contributed by atoms with Gasteiger partial charge in [-0.05, 0) is 29.9 Å². The first-order chi connectivity index (χ1) is 11.6. The number of aromatic amines is 1. The molecule has 8 heteroatoms. The molecule has 0 bridgehead atoms. The van der Waals surface area contributed by atoms with E-state index in [2.05, 4.69) is 15.3 Å². The van der Waals surface area contributed by atoms with E-state index in [0.29, 0.717) is 30.5 Å². The summed E-state index contributed by atoms with van der Waals surface area (Å²) >= 11 is 5.45. The van der Waals surface area contributed by atoms with Crippen LogP contribution in [0.5, 0.6) is 5.88 Å². The highest BCUT2D eigenvalue weighted by Crippen LogP contribution is 2.18. The van der Waals surface area contributed by atoms with Crippen LogP contribution in [0.3, 0.4) is 0 Å². The Bertz CT molecular complexity index is 870. The van der Waals surface area contributed by atoms with E-state index in [1.165, 1.54) is 0 Å². The van der Waals surface area contributed by atoms with E-state index < -0.39 is 0 Å². The summed E-state index contributed by atoms with van der Waals surface area (Å²) in [6.07, 6.45) is 2.31. The third-order valence-electron chi connectivity index (χ3n) is 3.81. The molecule has 0 amide bonds. The fourth-order valence-electron chi connectivity index (χ4n) is 2.54. The average Bonchev–Trinajstić information content (AvgIpc) is 2.61. The maximum absolute atomic E-state index is 11.7. The molecule has 0 spiro atoms. The standard InChI is InChI=1S/C16H15N5O2S/c1-23-14-3-2-12(8-18-14)19-16(24)21-5-4-13-11(9-21)6-10(7-17)15(22)20-13/h2-3,6,8H,4-5,9H2,1H3,(H,19,24)(H,20,22). The van der Waals surface area contributed by atoms with Gasteiger partial charge in [0.05, 0.1) is 19.0 Å². The molecule has 24 heavy (non-hydrogen) atoms. The Morgan fingerprint density at radius 2 is 2.38 bits per heavy atom. The molecule has 1 aliphatic rings. The van der Waals surface area contributed by atoms with Gasteiger partial charge in [0.1, 0.15) is 11.6 Å². The second kappa shape index (κ2) is 6.68. The number of hydrogen-bond donors (Lipinski definition) is 2. The van der Waals surface area contributed by atoms with Gasteiger partial charge in [-0.1, -0.05) is 0 Å². The number of nitrogens with one attached hydrogen (secondary N) is 2. The quantitative estimate of drug-likeness (QED) is 0.798. The van der Waals surface area contributed by atoms with E-state index >= 15 is 0 Å². The van der Waals surface area contributed by atoms with Crippen molar-refractivity contribution in [2.75, 3.05) is 19.0 Å². The number of methoxy groups -OCH3 is 1. The Labute approximate surface area is 143 Å². The summed E-state index contributed by atoms with van der Waals surface area (Å²) in [6.45, 7) is 1.22. The monoisotopic (exact) mass is 341 g/mol. The van der Waals surface area contributed by atoms with Gasteiger partial charge < -0.3 is 19.9 Å². The fourth-order valence-corrected chi connectivity index (χ4v) is 2.81. The van der Waals surface area contributed by atoms with E-state index in [0.717, 1.165) is 16.9 Å². The predicted molar refractivity (Wildman–Crippen MR) is 92.9 cm³/mol. The summed E-state index contributed by atoms with van der Waals surface area (Å²) in [5.74, 6) is 0.534. The summed E-state index contributed by atoms with van der Waals surface area (Å²) in [7, 11) is 1.56. The molecule has 0 aliphatic carbocycles. The molecule has 0 aromatic carbocycles. The maximum atomic E-state index is 11.7. The van der Waals surface area contributed by atoms with Gasteiger partial charge in [-0.3, -0.25) is 4.79 Å². The largest absolute Gasteiger partial charge is 0.481 e. The normalized spacial score (nSPS) is 12.9. The summed E-state index contributed by atoms with van der Waals surface area (Å²) in [6, 6.07) is 7.13. The van der Waals surface area contributed by atoms with Crippen molar-refractivity contribution in [3.05, 3.63) is 51.6 Å². The Kier molecular flexibility index (Phi) is 4.44. The van der Waals surface area contributed by atoms with Crippen LogP contribution in [-0.4, -0.2) is 33.6 Å². The molecule has 0 unspecified atom stereocenters. The van der Waals surface area contributed by atoms with Crippen molar-refractivity contribution in [2.24, 2.45) is 0 Å². The van der Waals surface area contributed by atoms with Crippen molar-refractivity contribution in [3.63, 3.8) is 0 Å². The topological polar surface area (TPSA) is 94.0 Å². The molecular weight excluding hydrogens is 326 g/mol. The first-order valence-corrected chi connectivity index (χ1v) is 7.72. The van der Waals surface area contributed by atoms with Crippen molar-refractivity contribution in [3.8, 4) is 11.9 Å². The molecular formula is C16H15N5O2S. The number of ether oxygens (including phenoxy) is 1. The number of anilines is 1. The molecule has 0 saturated carbocycles. The first-order valence-electron chi connectivity index (χ1n) is 7.32. The molecule has 2 aromatic heterocycles. The highest BCUT2D eigenvalue weighted by atomic mass is 32.1. The Morgan fingerprint density at radius 1 is 1.54 bits per heavy atom. The van der Waals surface area contributed by atoms with Crippen LogP contribution in [0.15, 0.2) is 29.2 Å². The fraction of sp³-hybridized carbons (Fsp3) is 0.250. The van der Waals surface area contributed by atoms with Crippen molar-refractivity contribution in [1.82, 2.24) is 14.9 Å². The molecule has 0 atom stereocenters. The van der Waals surface area contributed by atoms with E-state index in [9.17, 15) is 4.79 Å². The predicted octanol–water partition coefficient (Wildman–Crippen LogP) is 1.41. The zero-order valence-corrected chi connectivity index (χ0v) is 13.8. The van der Waals surface area contributed by atoms with Crippen molar-refractivity contribution >= 4 is 23.0 Å². The Morgan fingerprint density at radius 3 is 3.04 bits per heavy atom. The highest BCUT2D eigenvalue weighted by molar-refractivity contribution is 7.80. The minimum atomic E-state index is -0.338. The molecule has 2 aromatic rings. The van der Waals surface area contributed by atoms with Crippen LogP contribution in [0.25, 0.3) is 0 Å². The van der Waals surface area contributed by atoms with Gasteiger partial charge in [-0.25, -0.2) is 4.98 Å². The Balaban J connectivity index is 1.73. The van der Waals surface area contributed by atoms with Gasteiger partial charge in [0.15, 0.2) is 5.11 Å². The van der Waals surface area contributed by atoms with Gasteiger partial charge in [0, 0.05) is 31.3 Å². The van der Waals surface area contributed by atoms with E-state index in [1.807, 2.05) is 17.0 Å². The number of thiocarbonyl (C=S) groups is 1. The molecule has 0 saturated heterocycles. The number of nitriles is 1. The number of pyridine rings is 2. The molecule has 7 nitrogen and oxygen atoms in total. The molecule has 3 heterocycles. The number of hydrogen-bond acceptors (Lipinski definition) is 5. The molecule has 1 aliphatic heterocycles. The van der Waals surface area contributed by atoms with E-state index in [4.69, 9.17) is 22.2 Å². The molecule has 0 radical (unpaired) electrons. The van der Waals surface area contributed by atoms with Crippen LogP contribution in [0, 0.1) is 11.3 Å². The lowest BCUT2D eigenvalue weighted by atomic mass is 10.0. The zero-order valence-electron chi connectivity index (χ0n) is 13.0. The minimum Gasteiger partial charge on any atom is -0.481 e. The third kappa shape index (κ3) is 3.21. The van der Waals surface area contributed by atoms with Gasteiger partial charge in [0.2, 0.25) is 5.88 Å². The van der Waals surface area contributed by atoms with Crippen LogP contribution < -0.4 is 15.6 Å². The summed E-state index contributed by atoms with van der Waals surface area (Å²) in [5.41, 5.74) is 2.33. The lowest BCUT2D eigenvalue weighted by Crippen LogP contribution is -2.39. The van der Waals surface area contributed by atoms with Crippen LogP contribution in [0.2, 0.25) is 0 Å². The number of rotatable bonds is 2. The zero-order chi connectivity index (χ0) is 17.1. The van der Waals surface area contributed by atoms with Crippen LogP contribution in [0.1, 0.15) is 16.8 Å². The van der Waals surface area contributed by atoms with Crippen molar-refractivity contribution < 1.29 is 4.74 Å². The van der Waals surface area contributed by atoms with Gasteiger partial charge in [-0.2, -0.15) is 5.26 Å². The number of H-pyrrole nitrogens is 1. The van der Waals surface area contributed by atoms with Crippen LogP contribution >= 0.6 is 12.2 Å². The van der Waals surface area contributed by atoms with Crippen LogP contribution in [0.4, 0.5) is 5.69 Å². The lowest BCUT2D eigenvalue weighted by Gasteiger charge is -2.30. The van der Waals surface area contributed by atoms with Crippen molar-refractivity contribution in [2.45, 2.75) is 13.0 Å². The van der Waals surface area contributed by atoms with Crippen molar-refractivity contribution in [1.29, 1.82) is 5.26 Å². The minimum absolute atomic E-state index is 0.119. The molecule has 3 rings (SSSR count). The molecule has 2 N–H and O–H groups in total. The first kappa shape index (κ1) is 16.0. The maximum Gasteiger partial charge on any atom is 0.266 e. The van der Waals surface area contributed by atoms with E-state index in [-0.39, 0.29) is 11.1 Å². The third-order valence-corrected chi connectivity index (χ3v) is 4.17. The second-order valence-electron chi connectivity index (χ2n) is 5.32. The number of fused-ring (bicyclic) bond motifs is 1. The summed E-state index contributed by atoms with van der Waals surface area (Å²) in [4.78, 5) is 20.6. The molecule has 0 fully saturated rings. The molecule has 122 valence electrons. The van der Waals surface area contributed by atoms with Gasteiger partial charge >= 0.3 is 0 Å². The highest BCUT2D eigenvalue weighted by Gasteiger charge is 2.20. The average molecular weight is 341 g/mol. The Hall–Kier alpha value is -2.92. The summed E-state index contributed by atoms with van der Waals surface area (Å²) in [5, 5.41) is 12.7. The van der Waals surface area contributed by atoms with Crippen LogP contribution in [-0.2, 0) is 13.0 Å². The van der Waals surface area contributed by atoms with E-state index in [1.54, 1.807) is 25.4 Å². The smallest absolute Gasteiger partial charge is 0.266 e. The number of aromatic nitrogens is 2. The summed E-state index contributed by atoms with van der Waals surface area (Å²) < 4.78 is 5.02. The SMILES string of the molecule is COc1ccc(NC(=S)N2CCc3[nH]c(=O)c(C#N)cc3C2)cn1. The lowest BCUT2D eigenvalue weighted by molar-refractivity contribution is 0.394. The van der Waals surface area contributed by atoms with Gasteiger partial charge in [0.25, 0.3) is 5.56 Å². The second-order valence-corrected chi connectivity index (χ2v) is 5.71.